The van der Waals surface area contributed by atoms with Crippen molar-refractivity contribution in [3.05, 3.63) is 29.8 Å². The lowest BCUT2D eigenvalue weighted by atomic mass is 10.1. The number of aromatic nitrogens is 3. The van der Waals surface area contributed by atoms with Crippen LogP contribution in [0.5, 0.6) is 0 Å². The Kier molecular flexibility index (Phi) is 2.40. The molecule has 0 unspecified atom stereocenters. The van der Waals surface area contributed by atoms with Crippen molar-refractivity contribution in [1.29, 1.82) is 0 Å². The van der Waals surface area contributed by atoms with Gasteiger partial charge in [0.1, 0.15) is 0 Å². The maximum absolute atomic E-state index is 6.09. The van der Waals surface area contributed by atoms with Gasteiger partial charge >= 0.3 is 0 Å². The Morgan fingerprint density at radius 1 is 1.41 bits per heavy atom. The second kappa shape index (κ2) is 3.81. The molecule has 4 heteroatoms. The SMILES string of the molecule is CCc1cn2cc(CCC3(N)CC3)cnc2n1. The number of fused-ring (bicyclic) bond motifs is 1. The molecule has 0 aromatic carbocycles. The Morgan fingerprint density at radius 2 is 2.24 bits per heavy atom. The van der Waals surface area contributed by atoms with E-state index in [1.165, 1.54) is 18.4 Å². The molecule has 0 radical (unpaired) electrons. The van der Waals surface area contributed by atoms with E-state index >= 15 is 0 Å². The second-order valence-corrected chi connectivity index (χ2v) is 5.12. The Hall–Kier alpha value is -1.42. The number of hydrogen-bond acceptors (Lipinski definition) is 3. The third kappa shape index (κ3) is 2.17. The highest BCUT2D eigenvalue weighted by Gasteiger charge is 2.37. The minimum atomic E-state index is 0.123. The zero-order valence-corrected chi connectivity index (χ0v) is 10.2. The Labute approximate surface area is 101 Å². The predicted octanol–water partition coefficient (Wildman–Crippen LogP) is 1.72. The summed E-state index contributed by atoms with van der Waals surface area (Å²) in [5, 5.41) is 0. The van der Waals surface area contributed by atoms with Crippen molar-refractivity contribution in [2.24, 2.45) is 5.73 Å². The van der Waals surface area contributed by atoms with Crippen molar-refractivity contribution < 1.29 is 0 Å². The van der Waals surface area contributed by atoms with E-state index in [2.05, 4.69) is 29.3 Å². The molecule has 1 fully saturated rings. The molecule has 2 aromatic heterocycles. The molecule has 90 valence electrons. The van der Waals surface area contributed by atoms with Crippen LogP contribution < -0.4 is 5.73 Å². The Bertz CT molecular complexity index is 539. The minimum Gasteiger partial charge on any atom is -0.325 e. The topological polar surface area (TPSA) is 56.2 Å². The van der Waals surface area contributed by atoms with Gasteiger partial charge < -0.3 is 5.73 Å². The summed E-state index contributed by atoms with van der Waals surface area (Å²) < 4.78 is 2.02. The summed E-state index contributed by atoms with van der Waals surface area (Å²) in [6, 6.07) is 0. The van der Waals surface area contributed by atoms with Gasteiger partial charge in [0.15, 0.2) is 0 Å². The fraction of sp³-hybridized carbons (Fsp3) is 0.538. The molecular weight excluding hydrogens is 212 g/mol. The molecule has 17 heavy (non-hydrogen) atoms. The summed E-state index contributed by atoms with van der Waals surface area (Å²) in [5.41, 5.74) is 8.55. The highest BCUT2D eigenvalue weighted by molar-refractivity contribution is 5.31. The third-order valence-corrected chi connectivity index (χ3v) is 3.58. The van der Waals surface area contributed by atoms with Gasteiger partial charge in [0.2, 0.25) is 5.78 Å². The van der Waals surface area contributed by atoms with Crippen molar-refractivity contribution in [3.63, 3.8) is 0 Å². The molecule has 2 aromatic rings. The van der Waals surface area contributed by atoms with Crippen molar-refractivity contribution in [3.8, 4) is 0 Å². The smallest absolute Gasteiger partial charge is 0.233 e. The minimum absolute atomic E-state index is 0.123. The molecule has 3 rings (SSSR count). The van der Waals surface area contributed by atoms with E-state index in [1.54, 1.807) is 0 Å². The maximum Gasteiger partial charge on any atom is 0.233 e. The van der Waals surface area contributed by atoms with Crippen LogP contribution in [-0.2, 0) is 12.8 Å². The number of nitrogens with two attached hydrogens (primary N) is 1. The van der Waals surface area contributed by atoms with E-state index in [-0.39, 0.29) is 5.54 Å². The van der Waals surface area contributed by atoms with E-state index in [1.807, 2.05) is 10.6 Å². The van der Waals surface area contributed by atoms with E-state index in [9.17, 15) is 0 Å². The Balaban J connectivity index is 1.80. The number of aryl methyl sites for hydroxylation is 2. The molecule has 0 spiro atoms. The van der Waals surface area contributed by atoms with Crippen LogP contribution in [0.3, 0.4) is 0 Å². The van der Waals surface area contributed by atoms with Crippen LogP contribution in [0.4, 0.5) is 0 Å². The highest BCUT2D eigenvalue weighted by Crippen LogP contribution is 2.36. The second-order valence-electron chi connectivity index (χ2n) is 5.12. The van der Waals surface area contributed by atoms with Gasteiger partial charge in [0.25, 0.3) is 0 Å². The molecule has 1 aliphatic carbocycles. The fourth-order valence-corrected chi connectivity index (χ4v) is 2.08. The van der Waals surface area contributed by atoms with Crippen LogP contribution in [0.1, 0.15) is 37.4 Å². The van der Waals surface area contributed by atoms with Gasteiger partial charge in [-0.15, -0.1) is 0 Å². The number of hydrogen-bond donors (Lipinski definition) is 1. The molecule has 0 aliphatic heterocycles. The highest BCUT2D eigenvalue weighted by atomic mass is 15.1. The van der Waals surface area contributed by atoms with Crippen molar-refractivity contribution in [1.82, 2.24) is 14.4 Å². The molecule has 1 aliphatic rings. The molecule has 0 saturated heterocycles. The van der Waals surface area contributed by atoms with Crippen molar-refractivity contribution in [2.75, 3.05) is 0 Å². The summed E-state index contributed by atoms with van der Waals surface area (Å²) in [4.78, 5) is 8.80. The first-order chi connectivity index (χ1) is 8.18. The van der Waals surface area contributed by atoms with Crippen LogP contribution >= 0.6 is 0 Å². The average Bonchev–Trinajstić information content (AvgIpc) is 2.93. The zero-order chi connectivity index (χ0) is 11.9. The van der Waals surface area contributed by atoms with Crippen LogP contribution in [0, 0.1) is 0 Å². The quantitative estimate of drug-likeness (QED) is 0.870. The van der Waals surface area contributed by atoms with Gasteiger partial charge in [-0.3, -0.25) is 4.40 Å². The maximum atomic E-state index is 6.09. The van der Waals surface area contributed by atoms with Crippen LogP contribution in [0.2, 0.25) is 0 Å². The van der Waals surface area contributed by atoms with E-state index in [0.29, 0.717) is 0 Å². The van der Waals surface area contributed by atoms with E-state index < -0.39 is 0 Å². The number of imidazole rings is 1. The van der Waals surface area contributed by atoms with Gasteiger partial charge in [-0.1, -0.05) is 6.92 Å². The third-order valence-electron chi connectivity index (χ3n) is 3.58. The summed E-state index contributed by atoms with van der Waals surface area (Å²) in [6.45, 7) is 2.11. The molecule has 0 amide bonds. The molecule has 1 saturated carbocycles. The lowest BCUT2D eigenvalue weighted by Crippen LogP contribution is -2.22. The first kappa shape index (κ1) is 10.7. The van der Waals surface area contributed by atoms with Gasteiger partial charge in [-0.2, -0.15) is 0 Å². The summed E-state index contributed by atoms with van der Waals surface area (Å²) in [6.07, 6.45) is 11.5. The Morgan fingerprint density at radius 3 is 2.94 bits per heavy atom. The molecule has 0 atom stereocenters. The van der Waals surface area contributed by atoms with Gasteiger partial charge in [-0.25, -0.2) is 9.97 Å². The molecule has 2 heterocycles. The number of nitrogens with zero attached hydrogens (tertiary/aromatic N) is 3. The van der Waals surface area contributed by atoms with Crippen LogP contribution in [-0.4, -0.2) is 19.9 Å². The summed E-state index contributed by atoms with van der Waals surface area (Å²) >= 11 is 0. The summed E-state index contributed by atoms with van der Waals surface area (Å²) in [7, 11) is 0. The van der Waals surface area contributed by atoms with Crippen molar-refractivity contribution in [2.45, 2.75) is 44.6 Å². The zero-order valence-electron chi connectivity index (χ0n) is 10.2. The monoisotopic (exact) mass is 230 g/mol. The van der Waals surface area contributed by atoms with Crippen LogP contribution in [0.25, 0.3) is 5.78 Å². The summed E-state index contributed by atoms with van der Waals surface area (Å²) in [5.74, 6) is 0.791. The van der Waals surface area contributed by atoms with Crippen LogP contribution in [0.15, 0.2) is 18.6 Å². The van der Waals surface area contributed by atoms with Gasteiger partial charge in [-0.05, 0) is 37.7 Å². The fourth-order valence-electron chi connectivity index (χ4n) is 2.08. The lowest BCUT2D eigenvalue weighted by molar-refractivity contribution is 0.607. The van der Waals surface area contributed by atoms with E-state index in [4.69, 9.17) is 5.73 Å². The normalized spacial score (nSPS) is 17.5. The first-order valence-electron chi connectivity index (χ1n) is 6.30. The molecule has 4 nitrogen and oxygen atoms in total. The van der Waals surface area contributed by atoms with Gasteiger partial charge in [0, 0.05) is 24.1 Å². The molecule has 2 N–H and O–H groups in total. The first-order valence-corrected chi connectivity index (χ1v) is 6.30. The molecular formula is C13H18N4. The average molecular weight is 230 g/mol. The number of rotatable bonds is 4. The molecule has 0 bridgehead atoms. The van der Waals surface area contributed by atoms with Gasteiger partial charge in [0.05, 0.1) is 5.69 Å². The van der Waals surface area contributed by atoms with Crippen molar-refractivity contribution >= 4 is 5.78 Å². The largest absolute Gasteiger partial charge is 0.325 e. The predicted molar refractivity (Wildman–Crippen MR) is 66.8 cm³/mol. The standard InChI is InChI=1S/C13H18N4/c1-2-11-9-17-8-10(7-15-12(17)16-11)3-4-13(14)5-6-13/h7-9H,2-6,14H2,1H3. The van der Waals surface area contributed by atoms with E-state index in [0.717, 1.165) is 30.7 Å². The lowest BCUT2D eigenvalue weighted by Gasteiger charge is -2.07.